The number of nitrogens with one attached hydrogen (secondary N) is 2. The van der Waals surface area contributed by atoms with Crippen molar-refractivity contribution >= 4 is 21.6 Å². The molecule has 1 saturated heterocycles. The maximum atomic E-state index is 12.2. The largest absolute Gasteiger partial charge is 0.507 e. The van der Waals surface area contributed by atoms with Gasteiger partial charge in [-0.05, 0) is 38.1 Å². The summed E-state index contributed by atoms with van der Waals surface area (Å²) >= 11 is 0. The average Bonchev–Trinajstić information content (AvgIpc) is 3.23. The standard InChI is InChI=1S/C14H18N2O5S/c1-15-22(19,20)11-7-8(4-5-10(11)17)16-14(18)12-9-3-2-6-21-13(9)12/h4-5,7,9,12-13,15,17H,2-3,6H2,1H3,(H,16,18). The van der Waals surface area contributed by atoms with Gasteiger partial charge in [0.2, 0.25) is 15.9 Å². The molecule has 120 valence electrons. The Morgan fingerprint density at radius 1 is 1.41 bits per heavy atom. The van der Waals surface area contributed by atoms with Crippen LogP contribution in [0.25, 0.3) is 0 Å². The van der Waals surface area contributed by atoms with Crippen LogP contribution in [-0.4, -0.2) is 39.2 Å². The van der Waals surface area contributed by atoms with Gasteiger partial charge in [0.25, 0.3) is 0 Å². The first-order chi connectivity index (χ1) is 10.4. The summed E-state index contributed by atoms with van der Waals surface area (Å²) < 4.78 is 31.3. The number of carbonyl (C=O) groups is 1. The van der Waals surface area contributed by atoms with Crippen molar-refractivity contribution < 1.29 is 23.1 Å². The van der Waals surface area contributed by atoms with Gasteiger partial charge >= 0.3 is 0 Å². The highest BCUT2D eigenvalue weighted by atomic mass is 32.2. The van der Waals surface area contributed by atoms with Gasteiger partial charge in [-0.15, -0.1) is 0 Å². The smallest absolute Gasteiger partial charge is 0.244 e. The van der Waals surface area contributed by atoms with Crippen LogP contribution in [0.5, 0.6) is 5.75 Å². The molecule has 1 aromatic carbocycles. The Labute approximate surface area is 128 Å². The first kappa shape index (κ1) is 15.3. The predicted octanol–water partition coefficient (Wildman–Crippen LogP) is 0.664. The Kier molecular flexibility index (Phi) is 3.84. The molecule has 1 aliphatic heterocycles. The van der Waals surface area contributed by atoms with Crippen molar-refractivity contribution in [3.63, 3.8) is 0 Å². The summed E-state index contributed by atoms with van der Waals surface area (Å²) in [5, 5.41) is 12.4. The van der Waals surface area contributed by atoms with Crippen molar-refractivity contribution in [2.45, 2.75) is 23.8 Å². The maximum Gasteiger partial charge on any atom is 0.244 e. The van der Waals surface area contributed by atoms with Gasteiger partial charge in [-0.1, -0.05) is 0 Å². The van der Waals surface area contributed by atoms with Gasteiger partial charge in [-0.25, -0.2) is 13.1 Å². The van der Waals surface area contributed by atoms with E-state index in [1.807, 2.05) is 0 Å². The van der Waals surface area contributed by atoms with Crippen LogP contribution in [-0.2, 0) is 19.6 Å². The molecule has 0 spiro atoms. The summed E-state index contributed by atoms with van der Waals surface area (Å²) in [5.41, 5.74) is 0.334. The molecule has 2 aliphatic rings. The van der Waals surface area contributed by atoms with Crippen molar-refractivity contribution in [3.8, 4) is 5.75 Å². The molecule has 3 atom stereocenters. The number of fused-ring (bicyclic) bond motifs is 1. The van der Waals surface area contributed by atoms with E-state index in [1.54, 1.807) is 0 Å². The molecule has 7 nitrogen and oxygen atoms in total. The Morgan fingerprint density at radius 3 is 2.82 bits per heavy atom. The molecule has 1 heterocycles. The molecule has 3 N–H and O–H groups in total. The van der Waals surface area contributed by atoms with Gasteiger partial charge in [0.1, 0.15) is 10.6 Å². The third kappa shape index (κ3) is 2.69. The predicted molar refractivity (Wildman–Crippen MR) is 78.9 cm³/mol. The first-order valence-corrected chi connectivity index (χ1v) is 8.61. The zero-order valence-corrected chi connectivity index (χ0v) is 12.9. The van der Waals surface area contributed by atoms with Gasteiger partial charge in [0, 0.05) is 18.2 Å². The van der Waals surface area contributed by atoms with Crippen molar-refractivity contribution in [2.24, 2.45) is 11.8 Å². The van der Waals surface area contributed by atoms with E-state index < -0.39 is 10.0 Å². The topological polar surface area (TPSA) is 105 Å². The van der Waals surface area contributed by atoms with Gasteiger partial charge < -0.3 is 15.2 Å². The molecular formula is C14H18N2O5S. The molecule has 1 aromatic rings. The van der Waals surface area contributed by atoms with Crippen LogP contribution < -0.4 is 10.0 Å². The summed E-state index contributed by atoms with van der Waals surface area (Å²) in [5.74, 6) is -0.432. The lowest BCUT2D eigenvalue weighted by Crippen LogP contribution is -2.20. The van der Waals surface area contributed by atoms with Gasteiger partial charge in [-0.2, -0.15) is 0 Å². The molecule has 0 radical (unpaired) electrons. The van der Waals surface area contributed by atoms with E-state index in [4.69, 9.17) is 4.74 Å². The van der Waals surface area contributed by atoms with E-state index in [9.17, 15) is 18.3 Å². The van der Waals surface area contributed by atoms with E-state index in [0.717, 1.165) is 12.8 Å². The van der Waals surface area contributed by atoms with Crippen molar-refractivity contribution in [1.29, 1.82) is 0 Å². The second kappa shape index (κ2) is 5.53. The molecule has 2 fully saturated rings. The normalized spacial score (nSPS) is 27.0. The first-order valence-electron chi connectivity index (χ1n) is 7.13. The van der Waals surface area contributed by atoms with Crippen LogP contribution >= 0.6 is 0 Å². The molecule has 22 heavy (non-hydrogen) atoms. The number of anilines is 1. The SMILES string of the molecule is CNS(=O)(=O)c1cc(NC(=O)C2C3CCCOC32)ccc1O. The van der Waals surface area contributed by atoms with Crippen molar-refractivity contribution in [3.05, 3.63) is 18.2 Å². The number of rotatable bonds is 4. The molecule has 3 rings (SSSR count). The fourth-order valence-electron chi connectivity index (χ4n) is 2.94. The second-order valence-electron chi connectivity index (χ2n) is 5.55. The van der Waals surface area contributed by atoms with Crippen LogP contribution in [0.3, 0.4) is 0 Å². The number of amides is 1. The fourth-order valence-corrected chi connectivity index (χ4v) is 3.78. The molecule has 1 amide bonds. The number of phenols is 1. The van der Waals surface area contributed by atoms with E-state index in [-0.39, 0.29) is 34.5 Å². The third-order valence-corrected chi connectivity index (χ3v) is 5.62. The lowest BCUT2D eigenvalue weighted by Gasteiger charge is -2.09. The van der Waals surface area contributed by atoms with Crippen LogP contribution in [0.15, 0.2) is 23.1 Å². The highest BCUT2D eigenvalue weighted by molar-refractivity contribution is 7.89. The van der Waals surface area contributed by atoms with Crippen molar-refractivity contribution in [2.75, 3.05) is 19.0 Å². The van der Waals surface area contributed by atoms with Gasteiger partial charge in [0.05, 0.1) is 12.0 Å². The fraction of sp³-hybridized carbons (Fsp3) is 0.500. The van der Waals surface area contributed by atoms with Crippen LogP contribution in [0.1, 0.15) is 12.8 Å². The Morgan fingerprint density at radius 2 is 2.18 bits per heavy atom. The molecule has 3 unspecified atom stereocenters. The quantitative estimate of drug-likeness (QED) is 0.705. The molecule has 8 heteroatoms. The van der Waals surface area contributed by atoms with Crippen LogP contribution in [0, 0.1) is 11.8 Å². The highest BCUT2D eigenvalue weighted by Crippen LogP contribution is 2.48. The molecular weight excluding hydrogens is 308 g/mol. The third-order valence-electron chi connectivity index (χ3n) is 4.18. The summed E-state index contributed by atoms with van der Waals surface area (Å²) in [4.78, 5) is 12.0. The van der Waals surface area contributed by atoms with Crippen molar-refractivity contribution in [1.82, 2.24) is 4.72 Å². The van der Waals surface area contributed by atoms with Gasteiger partial charge in [-0.3, -0.25) is 4.79 Å². The second-order valence-corrected chi connectivity index (χ2v) is 7.40. The number of hydrogen-bond acceptors (Lipinski definition) is 5. The van der Waals surface area contributed by atoms with Gasteiger partial charge in [0.15, 0.2) is 0 Å². The Hall–Kier alpha value is -1.64. The number of sulfonamides is 1. The highest BCUT2D eigenvalue weighted by Gasteiger charge is 2.56. The Balaban J connectivity index is 1.76. The number of benzene rings is 1. The average molecular weight is 326 g/mol. The number of hydrogen-bond donors (Lipinski definition) is 3. The zero-order chi connectivity index (χ0) is 15.9. The zero-order valence-electron chi connectivity index (χ0n) is 12.1. The maximum absolute atomic E-state index is 12.2. The van der Waals surface area contributed by atoms with Crippen LogP contribution in [0.2, 0.25) is 0 Å². The minimum Gasteiger partial charge on any atom is -0.507 e. The summed E-state index contributed by atoms with van der Waals surface area (Å²) in [7, 11) is -2.53. The number of phenolic OH excluding ortho intramolecular Hbond substituents is 1. The summed E-state index contributed by atoms with van der Waals surface area (Å²) in [6.45, 7) is 0.689. The molecule has 0 aromatic heterocycles. The summed E-state index contributed by atoms with van der Waals surface area (Å²) in [6.07, 6.45) is 1.94. The van der Waals surface area contributed by atoms with E-state index in [2.05, 4.69) is 10.0 Å². The van der Waals surface area contributed by atoms with E-state index in [0.29, 0.717) is 12.3 Å². The molecule has 1 saturated carbocycles. The minimum atomic E-state index is -3.79. The molecule has 1 aliphatic carbocycles. The Bertz CT molecular complexity index is 691. The molecule has 0 bridgehead atoms. The number of aromatic hydroxyl groups is 1. The minimum absolute atomic E-state index is 0.00798. The monoisotopic (exact) mass is 326 g/mol. The van der Waals surface area contributed by atoms with E-state index in [1.165, 1.54) is 25.2 Å². The van der Waals surface area contributed by atoms with E-state index >= 15 is 0 Å². The summed E-state index contributed by atoms with van der Waals surface area (Å²) in [6, 6.07) is 3.96. The number of ether oxygens (including phenoxy) is 1. The number of carbonyl (C=O) groups excluding carboxylic acids is 1. The lowest BCUT2D eigenvalue weighted by atomic mass is 10.2. The lowest BCUT2D eigenvalue weighted by molar-refractivity contribution is -0.118. The van der Waals surface area contributed by atoms with Crippen LogP contribution in [0.4, 0.5) is 5.69 Å².